The van der Waals surface area contributed by atoms with Crippen molar-refractivity contribution in [3.63, 3.8) is 0 Å². The van der Waals surface area contributed by atoms with E-state index in [-0.39, 0.29) is 0 Å². The van der Waals surface area contributed by atoms with Crippen LogP contribution < -0.4 is 5.32 Å². The van der Waals surface area contributed by atoms with Crippen molar-refractivity contribution in [2.45, 2.75) is 45.6 Å². The molecule has 0 bridgehead atoms. The highest BCUT2D eigenvalue weighted by Gasteiger charge is 2.22. The van der Waals surface area contributed by atoms with E-state index in [4.69, 9.17) is 0 Å². The molecule has 3 heteroatoms. The Kier molecular flexibility index (Phi) is 3.86. The fraction of sp³-hybridized carbons (Fsp3) is 0.529. The summed E-state index contributed by atoms with van der Waals surface area (Å²) in [5, 5.41) is 3.66. The Morgan fingerprint density at radius 1 is 1.00 bits per heavy atom. The third-order valence-corrected chi connectivity index (χ3v) is 4.55. The Labute approximate surface area is 120 Å². The van der Waals surface area contributed by atoms with E-state index in [0.29, 0.717) is 6.04 Å². The van der Waals surface area contributed by atoms with E-state index in [1.165, 1.54) is 31.4 Å². The predicted molar refractivity (Wildman–Crippen MR) is 83.7 cm³/mol. The topological polar surface area (TPSA) is 37.8 Å². The average Bonchev–Trinajstić information content (AvgIpc) is 2.48. The van der Waals surface area contributed by atoms with Gasteiger partial charge in [-0.3, -0.25) is 9.97 Å². The van der Waals surface area contributed by atoms with Crippen molar-refractivity contribution in [3.05, 3.63) is 30.6 Å². The van der Waals surface area contributed by atoms with Crippen LogP contribution in [0.25, 0.3) is 11.0 Å². The van der Waals surface area contributed by atoms with Crippen LogP contribution in [0, 0.1) is 11.8 Å². The number of fused-ring (bicyclic) bond motifs is 1. The van der Waals surface area contributed by atoms with Gasteiger partial charge in [0.25, 0.3) is 0 Å². The molecule has 0 amide bonds. The van der Waals surface area contributed by atoms with Gasteiger partial charge in [0, 0.05) is 24.1 Å². The number of nitrogens with zero attached hydrogens (tertiary/aromatic N) is 2. The molecule has 20 heavy (non-hydrogen) atoms. The first-order valence-corrected chi connectivity index (χ1v) is 7.69. The van der Waals surface area contributed by atoms with Gasteiger partial charge in [0.15, 0.2) is 0 Å². The van der Waals surface area contributed by atoms with Crippen LogP contribution in [0.1, 0.15) is 39.5 Å². The molecule has 1 saturated carbocycles. The lowest BCUT2D eigenvalue weighted by Gasteiger charge is -2.31. The van der Waals surface area contributed by atoms with Gasteiger partial charge in [-0.15, -0.1) is 0 Å². The molecule has 1 aliphatic rings. The van der Waals surface area contributed by atoms with E-state index in [0.717, 1.165) is 22.9 Å². The van der Waals surface area contributed by atoms with Crippen molar-refractivity contribution < 1.29 is 0 Å². The largest absolute Gasteiger partial charge is 0.382 e. The van der Waals surface area contributed by atoms with Crippen LogP contribution in [-0.4, -0.2) is 16.0 Å². The van der Waals surface area contributed by atoms with Gasteiger partial charge in [-0.05, 0) is 55.7 Å². The quantitative estimate of drug-likeness (QED) is 0.904. The summed E-state index contributed by atoms with van der Waals surface area (Å²) >= 11 is 0. The molecule has 1 aromatic heterocycles. The van der Waals surface area contributed by atoms with Crippen LogP contribution in [0.5, 0.6) is 0 Å². The maximum absolute atomic E-state index is 4.37. The van der Waals surface area contributed by atoms with Crippen LogP contribution in [-0.2, 0) is 0 Å². The van der Waals surface area contributed by atoms with Gasteiger partial charge in [0.2, 0.25) is 0 Å². The molecule has 3 rings (SSSR count). The Morgan fingerprint density at radius 2 is 1.70 bits per heavy atom. The average molecular weight is 269 g/mol. The van der Waals surface area contributed by atoms with E-state index in [1.54, 1.807) is 12.4 Å². The molecular weight excluding hydrogens is 246 g/mol. The molecule has 1 N–H and O–H groups in total. The molecule has 0 spiro atoms. The summed E-state index contributed by atoms with van der Waals surface area (Å²) in [6.45, 7) is 4.70. The Bertz CT molecular complexity index is 571. The van der Waals surface area contributed by atoms with E-state index >= 15 is 0 Å². The van der Waals surface area contributed by atoms with E-state index in [2.05, 4.69) is 41.3 Å². The second kappa shape index (κ2) is 5.78. The summed E-state index contributed by atoms with van der Waals surface area (Å²) in [6.07, 6.45) is 8.75. The predicted octanol–water partition coefficient (Wildman–Crippen LogP) is 4.26. The summed E-state index contributed by atoms with van der Waals surface area (Å²) in [7, 11) is 0. The Morgan fingerprint density at radius 3 is 2.40 bits per heavy atom. The summed E-state index contributed by atoms with van der Waals surface area (Å²) in [6, 6.07) is 6.88. The fourth-order valence-corrected chi connectivity index (χ4v) is 3.22. The summed E-state index contributed by atoms with van der Waals surface area (Å²) in [4.78, 5) is 8.68. The van der Waals surface area contributed by atoms with Gasteiger partial charge in [-0.25, -0.2) is 0 Å². The van der Waals surface area contributed by atoms with Gasteiger partial charge in [0.1, 0.15) is 0 Å². The third-order valence-electron chi connectivity index (χ3n) is 4.55. The van der Waals surface area contributed by atoms with Crippen molar-refractivity contribution in [2.75, 3.05) is 5.32 Å². The van der Waals surface area contributed by atoms with Crippen LogP contribution in [0.3, 0.4) is 0 Å². The second-order valence-electron chi connectivity index (χ2n) is 6.26. The third kappa shape index (κ3) is 2.92. The number of hydrogen-bond donors (Lipinski definition) is 1. The molecule has 2 aromatic rings. The summed E-state index contributed by atoms with van der Waals surface area (Å²) < 4.78 is 0. The van der Waals surface area contributed by atoms with Crippen molar-refractivity contribution >= 4 is 16.7 Å². The molecule has 1 aromatic carbocycles. The minimum Gasteiger partial charge on any atom is -0.382 e. The zero-order valence-electron chi connectivity index (χ0n) is 12.3. The van der Waals surface area contributed by atoms with Gasteiger partial charge >= 0.3 is 0 Å². The molecule has 1 fully saturated rings. The number of benzene rings is 1. The van der Waals surface area contributed by atoms with Gasteiger partial charge in [-0.2, -0.15) is 0 Å². The first-order chi connectivity index (χ1) is 9.72. The van der Waals surface area contributed by atoms with Crippen LogP contribution in [0.15, 0.2) is 30.6 Å². The van der Waals surface area contributed by atoms with Crippen molar-refractivity contribution in [1.29, 1.82) is 0 Å². The molecular formula is C17H23N3. The monoisotopic (exact) mass is 269 g/mol. The standard InChI is InChI=1S/C17H23N3/c1-12(2)13-3-5-14(6-4-13)20-15-7-8-16-17(11-15)19-10-9-18-16/h7-14,20H,3-6H2,1-2H3. The maximum atomic E-state index is 4.37. The molecule has 3 nitrogen and oxygen atoms in total. The molecule has 1 heterocycles. The first-order valence-electron chi connectivity index (χ1n) is 7.69. The highest BCUT2D eigenvalue weighted by molar-refractivity contribution is 5.78. The number of hydrogen-bond acceptors (Lipinski definition) is 3. The lowest BCUT2D eigenvalue weighted by atomic mass is 9.79. The summed E-state index contributed by atoms with van der Waals surface area (Å²) in [5.41, 5.74) is 3.10. The smallest absolute Gasteiger partial charge is 0.0907 e. The van der Waals surface area contributed by atoms with Gasteiger partial charge in [0.05, 0.1) is 11.0 Å². The fourth-order valence-electron chi connectivity index (χ4n) is 3.22. The van der Waals surface area contributed by atoms with Gasteiger partial charge in [-0.1, -0.05) is 13.8 Å². The summed E-state index contributed by atoms with van der Waals surface area (Å²) in [5.74, 6) is 1.74. The van der Waals surface area contributed by atoms with E-state index in [1.807, 2.05) is 6.07 Å². The van der Waals surface area contributed by atoms with Crippen molar-refractivity contribution in [1.82, 2.24) is 9.97 Å². The molecule has 0 radical (unpaired) electrons. The van der Waals surface area contributed by atoms with Crippen LogP contribution in [0.4, 0.5) is 5.69 Å². The van der Waals surface area contributed by atoms with Crippen molar-refractivity contribution in [3.8, 4) is 0 Å². The van der Waals surface area contributed by atoms with Crippen LogP contribution in [0.2, 0.25) is 0 Å². The second-order valence-corrected chi connectivity index (χ2v) is 6.26. The first kappa shape index (κ1) is 13.3. The zero-order valence-corrected chi connectivity index (χ0v) is 12.3. The van der Waals surface area contributed by atoms with Crippen LogP contribution >= 0.6 is 0 Å². The number of anilines is 1. The minimum atomic E-state index is 0.610. The number of aromatic nitrogens is 2. The van der Waals surface area contributed by atoms with E-state index in [9.17, 15) is 0 Å². The molecule has 0 atom stereocenters. The van der Waals surface area contributed by atoms with E-state index < -0.39 is 0 Å². The highest BCUT2D eigenvalue weighted by atomic mass is 14.9. The molecule has 0 unspecified atom stereocenters. The zero-order chi connectivity index (χ0) is 13.9. The molecule has 106 valence electrons. The number of rotatable bonds is 3. The molecule has 1 aliphatic carbocycles. The lowest BCUT2D eigenvalue weighted by molar-refractivity contribution is 0.267. The molecule has 0 saturated heterocycles. The highest BCUT2D eigenvalue weighted by Crippen LogP contribution is 2.31. The number of nitrogens with one attached hydrogen (secondary N) is 1. The lowest BCUT2D eigenvalue weighted by Crippen LogP contribution is -2.27. The molecule has 0 aliphatic heterocycles. The maximum Gasteiger partial charge on any atom is 0.0907 e. The van der Waals surface area contributed by atoms with Gasteiger partial charge < -0.3 is 5.32 Å². The Balaban J connectivity index is 1.65. The van der Waals surface area contributed by atoms with Crippen molar-refractivity contribution in [2.24, 2.45) is 11.8 Å². The Hall–Kier alpha value is -1.64. The normalized spacial score (nSPS) is 23.1. The SMILES string of the molecule is CC(C)C1CCC(Nc2ccc3nccnc3c2)CC1. The minimum absolute atomic E-state index is 0.610.